The van der Waals surface area contributed by atoms with Crippen molar-refractivity contribution in [3.8, 4) is 5.75 Å². The smallest absolute Gasteiger partial charge is 0.226 e. The third kappa shape index (κ3) is 3.84. The predicted octanol–water partition coefficient (Wildman–Crippen LogP) is 3.28. The van der Waals surface area contributed by atoms with E-state index in [1.54, 1.807) is 12.1 Å². The highest BCUT2D eigenvalue weighted by molar-refractivity contribution is 5.79. The van der Waals surface area contributed by atoms with Crippen LogP contribution in [0.1, 0.15) is 50.5 Å². The minimum Gasteiger partial charge on any atom is -0.508 e. The average Bonchev–Trinajstić information content (AvgIpc) is 3.37. The standard InChI is InChI=1S/C21H30N2O2/c22-20-16-4-2-5-17(20)11-18(10-16)21(25)23(12-14-7-8-14)13-15-3-1-6-19(24)9-15/h1,3,6,9,14,16-18,20,24H,2,4-5,7-8,10-13,22H2. The Hall–Kier alpha value is -1.55. The predicted molar refractivity (Wildman–Crippen MR) is 97.8 cm³/mol. The number of fused-ring (bicyclic) bond motifs is 2. The number of aromatic hydroxyl groups is 1. The van der Waals surface area contributed by atoms with Crippen LogP contribution in [0.2, 0.25) is 0 Å². The van der Waals surface area contributed by atoms with E-state index < -0.39 is 0 Å². The van der Waals surface area contributed by atoms with Gasteiger partial charge in [-0.25, -0.2) is 0 Å². The number of amides is 1. The van der Waals surface area contributed by atoms with E-state index in [1.165, 1.54) is 32.1 Å². The molecule has 3 saturated carbocycles. The molecule has 2 atom stereocenters. The molecule has 0 saturated heterocycles. The average molecular weight is 342 g/mol. The van der Waals surface area contributed by atoms with E-state index in [-0.39, 0.29) is 11.7 Å². The molecule has 136 valence electrons. The van der Waals surface area contributed by atoms with Gasteiger partial charge in [0.15, 0.2) is 0 Å². The summed E-state index contributed by atoms with van der Waals surface area (Å²) in [4.78, 5) is 15.4. The molecule has 4 nitrogen and oxygen atoms in total. The Morgan fingerprint density at radius 2 is 1.88 bits per heavy atom. The molecule has 1 aromatic rings. The molecule has 4 heteroatoms. The summed E-state index contributed by atoms with van der Waals surface area (Å²) in [5, 5.41) is 9.73. The van der Waals surface area contributed by atoms with E-state index in [2.05, 4.69) is 4.90 Å². The van der Waals surface area contributed by atoms with Gasteiger partial charge in [-0.2, -0.15) is 0 Å². The molecule has 0 heterocycles. The maximum Gasteiger partial charge on any atom is 0.226 e. The molecule has 2 bridgehead atoms. The number of benzene rings is 1. The summed E-state index contributed by atoms with van der Waals surface area (Å²) in [6.45, 7) is 1.48. The van der Waals surface area contributed by atoms with Crippen LogP contribution >= 0.6 is 0 Å². The van der Waals surface area contributed by atoms with Gasteiger partial charge in [0.05, 0.1) is 0 Å². The molecule has 1 amide bonds. The second-order valence-corrected chi connectivity index (χ2v) is 8.53. The molecule has 0 aliphatic heterocycles. The van der Waals surface area contributed by atoms with Crippen LogP contribution in [-0.2, 0) is 11.3 Å². The van der Waals surface area contributed by atoms with Crippen molar-refractivity contribution < 1.29 is 9.90 Å². The van der Waals surface area contributed by atoms with Crippen LogP contribution in [0, 0.1) is 23.7 Å². The molecule has 3 N–H and O–H groups in total. The first kappa shape index (κ1) is 16.9. The van der Waals surface area contributed by atoms with E-state index in [0.717, 1.165) is 24.9 Å². The van der Waals surface area contributed by atoms with E-state index in [1.807, 2.05) is 12.1 Å². The summed E-state index contributed by atoms with van der Waals surface area (Å²) < 4.78 is 0. The minimum atomic E-state index is 0.145. The number of hydrogen-bond acceptors (Lipinski definition) is 3. The number of nitrogens with two attached hydrogens (primary N) is 1. The van der Waals surface area contributed by atoms with Crippen molar-refractivity contribution in [2.24, 2.45) is 29.4 Å². The van der Waals surface area contributed by atoms with Crippen molar-refractivity contribution in [2.45, 2.75) is 57.5 Å². The Morgan fingerprint density at radius 3 is 2.52 bits per heavy atom. The van der Waals surface area contributed by atoms with Gasteiger partial charge in [0.25, 0.3) is 0 Å². The van der Waals surface area contributed by atoms with Gasteiger partial charge in [0.2, 0.25) is 5.91 Å². The van der Waals surface area contributed by atoms with Crippen LogP contribution in [0.3, 0.4) is 0 Å². The lowest BCUT2D eigenvalue weighted by Gasteiger charge is -2.44. The highest BCUT2D eigenvalue weighted by atomic mass is 16.3. The van der Waals surface area contributed by atoms with Gasteiger partial charge in [-0.05, 0) is 74.0 Å². The number of carbonyl (C=O) groups excluding carboxylic acids is 1. The second-order valence-electron chi connectivity index (χ2n) is 8.53. The van der Waals surface area contributed by atoms with E-state index in [0.29, 0.717) is 36.2 Å². The lowest BCUT2D eigenvalue weighted by molar-refractivity contribution is -0.139. The van der Waals surface area contributed by atoms with Crippen molar-refractivity contribution in [1.29, 1.82) is 0 Å². The lowest BCUT2D eigenvalue weighted by Crippen LogP contribution is -2.49. The van der Waals surface area contributed by atoms with E-state index in [4.69, 9.17) is 5.73 Å². The molecule has 0 radical (unpaired) electrons. The molecule has 1 aromatic carbocycles. The maximum atomic E-state index is 13.3. The number of nitrogens with zero attached hydrogens (tertiary/aromatic N) is 1. The summed E-state index contributed by atoms with van der Waals surface area (Å²) in [5.41, 5.74) is 7.42. The van der Waals surface area contributed by atoms with Gasteiger partial charge >= 0.3 is 0 Å². The zero-order valence-electron chi connectivity index (χ0n) is 14.9. The number of hydrogen-bond donors (Lipinski definition) is 2. The Morgan fingerprint density at radius 1 is 1.16 bits per heavy atom. The second kappa shape index (κ2) is 6.99. The monoisotopic (exact) mass is 342 g/mol. The van der Waals surface area contributed by atoms with Crippen LogP contribution in [0.5, 0.6) is 5.75 Å². The summed E-state index contributed by atoms with van der Waals surface area (Å²) in [5.74, 6) is 2.47. The van der Waals surface area contributed by atoms with Gasteiger partial charge < -0.3 is 15.7 Å². The fourth-order valence-electron chi connectivity index (χ4n) is 4.97. The van der Waals surface area contributed by atoms with Crippen LogP contribution in [-0.4, -0.2) is 28.5 Å². The first-order valence-electron chi connectivity index (χ1n) is 9.92. The third-order valence-electron chi connectivity index (χ3n) is 6.53. The largest absolute Gasteiger partial charge is 0.508 e. The SMILES string of the molecule is NC1C2CCCC1CC(C(=O)N(Cc1cccc(O)c1)CC1CC1)C2. The fourth-order valence-corrected chi connectivity index (χ4v) is 4.97. The van der Waals surface area contributed by atoms with Crippen LogP contribution in [0.4, 0.5) is 0 Å². The van der Waals surface area contributed by atoms with Crippen LogP contribution in [0.25, 0.3) is 0 Å². The zero-order valence-corrected chi connectivity index (χ0v) is 14.9. The fraction of sp³-hybridized carbons (Fsp3) is 0.667. The highest BCUT2D eigenvalue weighted by Gasteiger charge is 2.42. The number of carbonyl (C=O) groups is 1. The molecule has 3 aliphatic rings. The molecule has 3 aliphatic carbocycles. The highest BCUT2D eigenvalue weighted by Crippen LogP contribution is 2.43. The molecular formula is C21H30N2O2. The summed E-state index contributed by atoms with van der Waals surface area (Å²) >= 11 is 0. The lowest BCUT2D eigenvalue weighted by atomic mass is 9.65. The van der Waals surface area contributed by atoms with Crippen LogP contribution < -0.4 is 5.73 Å². The topological polar surface area (TPSA) is 66.6 Å². The first-order valence-corrected chi connectivity index (χ1v) is 9.92. The maximum absolute atomic E-state index is 13.3. The van der Waals surface area contributed by atoms with Crippen molar-refractivity contribution in [3.63, 3.8) is 0 Å². The number of phenols is 1. The van der Waals surface area contributed by atoms with Gasteiger partial charge in [0, 0.05) is 25.0 Å². The van der Waals surface area contributed by atoms with E-state index >= 15 is 0 Å². The number of rotatable bonds is 5. The van der Waals surface area contributed by atoms with Gasteiger partial charge in [-0.3, -0.25) is 4.79 Å². The van der Waals surface area contributed by atoms with Gasteiger partial charge in [-0.15, -0.1) is 0 Å². The molecule has 4 rings (SSSR count). The zero-order chi connectivity index (χ0) is 17.4. The van der Waals surface area contributed by atoms with Crippen molar-refractivity contribution in [1.82, 2.24) is 4.90 Å². The summed E-state index contributed by atoms with van der Waals surface area (Å²) in [6, 6.07) is 7.62. The van der Waals surface area contributed by atoms with Gasteiger partial charge in [-0.1, -0.05) is 18.6 Å². The summed E-state index contributed by atoms with van der Waals surface area (Å²) in [6.07, 6.45) is 8.08. The molecule has 0 spiro atoms. The summed E-state index contributed by atoms with van der Waals surface area (Å²) in [7, 11) is 0. The van der Waals surface area contributed by atoms with Crippen molar-refractivity contribution in [3.05, 3.63) is 29.8 Å². The molecule has 25 heavy (non-hydrogen) atoms. The molecule has 0 aromatic heterocycles. The van der Waals surface area contributed by atoms with Gasteiger partial charge in [0.1, 0.15) is 5.75 Å². The normalized spacial score (nSPS) is 31.6. The number of phenolic OH excluding ortho intramolecular Hbond substituents is 1. The molecule has 3 fully saturated rings. The molecule has 2 unspecified atom stereocenters. The Kier molecular flexibility index (Phi) is 4.72. The van der Waals surface area contributed by atoms with Crippen molar-refractivity contribution in [2.75, 3.05) is 6.54 Å². The Labute approximate surface area is 150 Å². The Bertz CT molecular complexity index is 614. The third-order valence-corrected chi connectivity index (χ3v) is 6.53. The van der Waals surface area contributed by atoms with Crippen LogP contribution in [0.15, 0.2) is 24.3 Å². The van der Waals surface area contributed by atoms with Crippen molar-refractivity contribution >= 4 is 5.91 Å². The first-order chi connectivity index (χ1) is 12.1. The van der Waals surface area contributed by atoms with E-state index in [9.17, 15) is 9.90 Å². The quantitative estimate of drug-likeness (QED) is 0.863. The molecular weight excluding hydrogens is 312 g/mol. The minimum absolute atomic E-state index is 0.145. The Balaban J connectivity index is 1.47.